The number of carboxylic acid groups (broad SMARTS) is 1. The Balaban J connectivity index is 1.19. The summed E-state index contributed by atoms with van der Waals surface area (Å²) in [6.07, 6.45) is 9.11. The van der Waals surface area contributed by atoms with Gasteiger partial charge in [0, 0.05) is 6.54 Å². The van der Waals surface area contributed by atoms with Crippen molar-refractivity contribution >= 4 is 6.09 Å². The lowest BCUT2D eigenvalue weighted by Crippen LogP contribution is -2.59. The number of piperidine rings is 3. The molecule has 1 N–H and O–H groups in total. The van der Waals surface area contributed by atoms with E-state index in [0.717, 1.165) is 99.4 Å². The van der Waals surface area contributed by atoms with Crippen LogP contribution in [-0.4, -0.2) is 72.8 Å². The van der Waals surface area contributed by atoms with E-state index in [9.17, 15) is 9.90 Å². The molecule has 45 heavy (non-hydrogen) atoms. The maximum Gasteiger partial charge on any atom is 0.408 e. The molecule has 4 fully saturated rings. The molecule has 0 saturated carbocycles. The minimum Gasteiger partial charge on any atom is -0.494 e. The highest BCUT2D eigenvalue weighted by Gasteiger charge is 2.43. The molecule has 7 rings (SSSR count). The van der Waals surface area contributed by atoms with Gasteiger partial charge in [0.1, 0.15) is 5.75 Å². The van der Waals surface area contributed by atoms with Gasteiger partial charge in [0.15, 0.2) is 6.29 Å². The minimum atomic E-state index is -0.863. The molecule has 0 aromatic heterocycles. The first-order valence-corrected chi connectivity index (χ1v) is 17.0. The van der Waals surface area contributed by atoms with Gasteiger partial charge in [-0.15, -0.1) is 0 Å². The molecule has 4 heterocycles. The molecule has 4 aliphatic heterocycles. The molecule has 0 aliphatic carbocycles. The van der Waals surface area contributed by atoms with Crippen LogP contribution in [0.15, 0.2) is 78.9 Å². The normalized spacial score (nSPS) is 21.9. The Morgan fingerprint density at radius 2 is 1.49 bits per heavy atom. The van der Waals surface area contributed by atoms with Crippen molar-refractivity contribution in [3.63, 3.8) is 0 Å². The Morgan fingerprint density at radius 1 is 0.822 bits per heavy atom. The van der Waals surface area contributed by atoms with Crippen molar-refractivity contribution in [3.05, 3.63) is 90.0 Å². The van der Waals surface area contributed by atoms with Crippen molar-refractivity contribution in [1.29, 1.82) is 0 Å². The molecule has 3 aromatic rings. The molecule has 1 amide bonds. The average Bonchev–Trinajstić information content (AvgIpc) is 3.61. The standard InChI is InChI=1S/C38H48N2O5/c41-38(42)40(35-28-39-20-18-30(35)19-21-39)37(31-15-9-6-10-16-31)33-25-32(29-13-7-5-8-14-29)26-34(27-33)43-22-12-4-2-1-3-11-17-36-44-23-24-45-36/h5-10,13-16,25-27,30,35-37H,1-4,11-12,17-24,28H2,(H,41,42)/t35-,37?/m0/s1. The van der Waals surface area contributed by atoms with Crippen LogP contribution >= 0.6 is 0 Å². The van der Waals surface area contributed by atoms with Gasteiger partial charge in [0.05, 0.1) is 31.9 Å². The maximum absolute atomic E-state index is 13.2. The van der Waals surface area contributed by atoms with E-state index in [4.69, 9.17) is 14.2 Å². The summed E-state index contributed by atoms with van der Waals surface area (Å²) in [4.78, 5) is 17.4. The Morgan fingerprint density at radius 3 is 2.16 bits per heavy atom. The Hall–Kier alpha value is -3.39. The number of rotatable bonds is 15. The van der Waals surface area contributed by atoms with Crippen LogP contribution in [0.1, 0.15) is 75.0 Å². The lowest BCUT2D eigenvalue weighted by Gasteiger charge is -2.50. The van der Waals surface area contributed by atoms with Crippen molar-refractivity contribution < 1.29 is 24.1 Å². The van der Waals surface area contributed by atoms with Crippen molar-refractivity contribution in [2.45, 2.75) is 76.2 Å². The van der Waals surface area contributed by atoms with Crippen LogP contribution in [0.3, 0.4) is 0 Å². The molecule has 0 radical (unpaired) electrons. The highest BCUT2D eigenvalue weighted by atomic mass is 16.7. The third-order valence-electron chi connectivity index (χ3n) is 9.74. The lowest BCUT2D eigenvalue weighted by atomic mass is 9.81. The van der Waals surface area contributed by atoms with E-state index >= 15 is 0 Å². The largest absolute Gasteiger partial charge is 0.494 e. The highest BCUT2D eigenvalue weighted by molar-refractivity contribution is 5.70. The fraction of sp³-hybridized carbons (Fsp3) is 0.500. The predicted octanol–water partition coefficient (Wildman–Crippen LogP) is 8.00. The molecule has 4 saturated heterocycles. The first kappa shape index (κ1) is 31.6. The van der Waals surface area contributed by atoms with Gasteiger partial charge < -0.3 is 24.2 Å². The van der Waals surface area contributed by atoms with E-state index in [-0.39, 0.29) is 12.3 Å². The number of amides is 1. The zero-order valence-corrected chi connectivity index (χ0v) is 26.4. The summed E-state index contributed by atoms with van der Waals surface area (Å²) in [6.45, 7) is 5.02. The number of carbonyl (C=O) groups is 1. The monoisotopic (exact) mass is 612 g/mol. The Bertz CT molecular complexity index is 1340. The van der Waals surface area contributed by atoms with E-state index < -0.39 is 12.1 Å². The first-order chi connectivity index (χ1) is 22.2. The van der Waals surface area contributed by atoms with Gasteiger partial charge in [-0.1, -0.05) is 86.3 Å². The zero-order valence-electron chi connectivity index (χ0n) is 26.4. The Labute approximate surface area is 268 Å². The molecule has 2 atom stereocenters. The molecule has 0 spiro atoms. The quantitative estimate of drug-likeness (QED) is 0.175. The number of hydrogen-bond acceptors (Lipinski definition) is 5. The van der Waals surface area contributed by atoms with Crippen molar-refractivity contribution in [2.24, 2.45) is 5.92 Å². The predicted molar refractivity (Wildman–Crippen MR) is 176 cm³/mol. The third-order valence-corrected chi connectivity index (χ3v) is 9.74. The third kappa shape index (κ3) is 8.26. The van der Waals surface area contributed by atoms with Crippen LogP contribution < -0.4 is 4.74 Å². The van der Waals surface area contributed by atoms with Crippen LogP contribution in [0.25, 0.3) is 11.1 Å². The molecule has 7 heteroatoms. The van der Waals surface area contributed by atoms with E-state index in [1.807, 2.05) is 36.4 Å². The van der Waals surface area contributed by atoms with Gasteiger partial charge in [-0.25, -0.2) is 4.79 Å². The van der Waals surface area contributed by atoms with E-state index in [0.29, 0.717) is 12.5 Å². The number of unbranched alkanes of at least 4 members (excludes halogenated alkanes) is 5. The Kier molecular flexibility index (Phi) is 11.1. The second-order valence-electron chi connectivity index (χ2n) is 12.8. The SMILES string of the molecule is O=C(O)N(C(c1ccccc1)c1cc(OCCCCCCCCC2OCCO2)cc(-c2ccccc2)c1)[C@H]1CN2CCC1CC2. The second kappa shape index (κ2) is 15.7. The van der Waals surface area contributed by atoms with Crippen LogP contribution in [0.2, 0.25) is 0 Å². The second-order valence-corrected chi connectivity index (χ2v) is 12.8. The van der Waals surface area contributed by atoms with Gasteiger partial charge >= 0.3 is 6.09 Å². The number of ether oxygens (including phenoxy) is 3. The first-order valence-electron chi connectivity index (χ1n) is 17.0. The molecular weight excluding hydrogens is 564 g/mol. The van der Waals surface area contributed by atoms with Gasteiger partial charge in [-0.2, -0.15) is 0 Å². The summed E-state index contributed by atoms with van der Waals surface area (Å²) in [6, 6.07) is 26.3. The summed E-state index contributed by atoms with van der Waals surface area (Å²) in [7, 11) is 0. The summed E-state index contributed by atoms with van der Waals surface area (Å²) in [5, 5.41) is 10.8. The number of fused-ring (bicyclic) bond motifs is 3. The molecule has 3 aromatic carbocycles. The number of hydrogen-bond donors (Lipinski definition) is 1. The summed E-state index contributed by atoms with van der Waals surface area (Å²) in [5.74, 6) is 1.18. The van der Waals surface area contributed by atoms with E-state index in [2.05, 4.69) is 47.4 Å². The van der Waals surface area contributed by atoms with Crippen LogP contribution in [-0.2, 0) is 9.47 Å². The zero-order chi connectivity index (χ0) is 30.8. The molecule has 4 aliphatic rings. The average molecular weight is 613 g/mol. The van der Waals surface area contributed by atoms with E-state index in [1.165, 1.54) is 19.3 Å². The number of nitrogens with zero attached hydrogens (tertiary/aromatic N) is 2. The summed E-state index contributed by atoms with van der Waals surface area (Å²) < 4.78 is 17.5. The van der Waals surface area contributed by atoms with Crippen molar-refractivity contribution in [2.75, 3.05) is 39.5 Å². The van der Waals surface area contributed by atoms with Gasteiger partial charge in [-0.3, -0.25) is 4.90 Å². The lowest BCUT2D eigenvalue weighted by molar-refractivity contribution is -0.0480. The van der Waals surface area contributed by atoms with Crippen molar-refractivity contribution in [1.82, 2.24) is 9.80 Å². The van der Waals surface area contributed by atoms with Crippen LogP contribution in [0.4, 0.5) is 4.79 Å². The summed E-state index contributed by atoms with van der Waals surface area (Å²) >= 11 is 0. The molecule has 7 nitrogen and oxygen atoms in total. The molecular formula is C38H48N2O5. The molecule has 2 bridgehead atoms. The molecule has 1 unspecified atom stereocenters. The van der Waals surface area contributed by atoms with Crippen molar-refractivity contribution in [3.8, 4) is 16.9 Å². The number of benzene rings is 3. The fourth-order valence-electron chi connectivity index (χ4n) is 7.39. The van der Waals surface area contributed by atoms with Gasteiger partial charge in [0.25, 0.3) is 0 Å². The van der Waals surface area contributed by atoms with E-state index in [1.54, 1.807) is 4.90 Å². The fourth-order valence-corrected chi connectivity index (χ4v) is 7.39. The molecule has 240 valence electrons. The summed E-state index contributed by atoms with van der Waals surface area (Å²) in [5.41, 5.74) is 4.07. The maximum atomic E-state index is 13.2. The van der Waals surface area contributed by atoms with Crippen LogP contribution in [0.5, 0.6) is 5.75 Å². The topological polar surface area (TPSA) is 71.5 Å². The van der Waals surface area contributed by atoms with Gasteiger partial charge in [0.2, 0.25) is 0 Å². The van der Waals surface area contributed by atoms with Crippen LogP contribution in [0, 0.1) is 5.92 Å². The highest BCUT2D eigenvalue weighted by Crippen LogP contribution is 2.40. The van der Waals surface area contributed by atoms with Gasteiger partial charge in [-0.05, 0) is 91.6 Å². The smallest absolute Gasteiger partial charge is 0.408 e. The minimum absolute atomic E-state index is 0.00887.